The number of imidazole rings is 1. The summed E-state index contributed by atoms with van der Waals surface area (Å²) in [5.41, 5.74) is 3.67. The first kappa shape index (κ1) is 19.2. The van der Waals surface area contributed by atoms with Crippen LogP contribution < -0.4 is 0 Å². The maximum Gasteiger partial charge on any atom is 0.419 e. The zero-order chi connectivity index (χ0) is 18.6. The fraction of sp³-hybridized carbons (Fsp3) is 0.524. The molecule has 1 aromatic carbocycles. The summed E-state index contributed by atoms with van der Waals surface area (Å²) >= 11 is 0. The molecule has 0 N–H and O–H groups in total. The fourth-order valence-electron chi connectivity index (χ4n) is 3.01. The zero-order valence-electron chi connectivity index (χ0n) is 16.2. The van der Waals surface area contributed by atoms with Crippen molar-refractivity contribution in [3.8, 4) is 0 Å². The lowest BCUT2D eigenvalue weighted by atomic mass is 9.93. The van der Waals surface area contributed by atoms with Gasteiger partial charge < -0.3 is 4.74 Å². The van der Waals surface area contributed by atoms with Gasteiger partial charge in [-0.3, -0.25) is 0 Å². The van der Waals surface area contributed by atoms with E-state index in [1.165, 1.54) is 21.3 Å². The minimum atomic E-state index is -0.347. The van der Waals surface area contributed by atoms with Gasteiger partial charge in [-0.2, -0.15) is 0 Å². The molecule has 0 spiro atoms. The van der Waals surface area contributed by atoms with Crippen LogP contribution in [0.15, 0.2) is 30.6 Å². The SMILES string of the molecule is CCC(C)C(C)COC(=O)n1ccnc1[C@@H](C)c1cccc(C)c1C. The van der Waals surface area contributed by atoms with Crippen molar-refractivity contribution in [2.75, 3.05) is 6.61 Å². The van der Waals surface area contributed by atoms with Gasteiger partial charge in [-0.1, -0.05) is 52.3 Å². The third kappa shape index (κ3) is 4.30. The van der Waals surface area contributed by atoms with Crippen molar-refractivity contribution >= 4 is 6.09 Å². The molecular formula is C21H30N2O2. The summed E-state index contributed by atoms with van der Waals surface area (Å²) in [5, 5.41) is 0. The number of rotatable bonds is 6. The molecule has 136 valence electrons. The van der Waals surface area contributed by atoms with Crippen LogP contribution in [0.3, 0.4) is 0 Å². The molecule has 0 aliphatic rings. The van der Waals surface area contributed by atoms with Gasteiger partial charge in [-0.15, -0.1) is 0 Å². The quantitative estimate of drug-likeness (QED) is 0.714. The van der Waals surface area contributed by atoms with Crippen LogP contribution in [0.25, 0.3) is 0 Å². The molecule has 2 rings (SSSR count). The van der Waals surface area contributed by atoms with E-state index in [-0.39, 0.29) is 12.0 Å². The smallest absolute Gasteiger partial charge is 0.419 e. The van der Waals surface area contributed by atoms with Gasteiger partial charge in [0.25, 0.3) is 0 Å². The number of nitrogens with zero attached hydrogens (tertiary/aromatic N) is 2. The maximum absolute atomic E-state index is 12.5. The molecule has 3 atom stereocenters. The Labute approximate surface area is 151 Å². The Balaban J connectivity index is 2.16. The van der Waals surface area contributed by atoms with Crippen molar-refractivity contribution in [1.29, 1.82) is 0 Å². The Morgan fingerprint density at radius 3 is 2.60 bits per heavy atom. The molecule has 0 amide bonds. The molecule has 1 aromatic heterocycles. The molecule has 0 aliphatic carbocycles. The lowest BCUT2D eigenvalue weighted by Crippen LogP contribution is -2.22. The average molecular weight is 342 g/mol. The van der Waals surface area contributed by atoms with Crippen molar-refractivity contribution in [1.82, 2.24) is 9.55 Å². The first-order valence-electron chi connectivity index (χ1n) is 9.13. The summed E-state index contributed by atoms with van der Waals surface area (Å²) in [6.07, 6.45) is 4.09. The number of carbonyl (C=O) groups is 1. The summed E-state index contributed by atoms with van der Waals surface area (Å²) in [4.78, 5) is 17.0. The third-order valence-electron chi connectivity index (χ3n) is 5.45. The van der Waals surface area contributed by atoms with E-state index in [0.29, 0.717) is 18.4 Å². The predicted molar refractivity (Wildman–Crippen MR) is 101 cm³/mol. The maximum atomic E-state index is 12.5. The standard InChI is InChI=1S/C21H30N2O2/c1-7-14(2)16(4)13-25-21(24)23-12-11-22-20(23)18(6)19-10-8-9-15(3)17(19)5/h8-12,14,16,18H,7,13H2,1-6H3/t14?,16?,18-/m0/s1. The molecule has 0 radical (unpaired) electrons. The van der Waals surface area contributed by atoms with Crippen LogP contribution in [0.1, 0.15) is 62.5 Å². The summed E-state index contributed by atoms with van der Waals surface area (Å²) < 4.78 is 7.07. The third-order valence-corrected chi connectivity index (χ3v) is 5.45. The van der Waals surface area contributed by atoms with E-state index in [1.807, 2.05) is 6.07 Å². The van der Waals surface area contributed by atoms with Crippen LogP contribution in [-0.2, 0) is 4.74 Å². The van der Waals surface area contributed by atoms with E-state index in [9.17, 15) is 4.79 Å². The van der Waals surface area contributed by atoms with Gasteiger partial charge in [-0.05, 0) is 42.4 Å². The molecule has 0 bridgehead atoms. The molecule has 0 saturated heterocycles. The Morgan fingerprint density at radius 1 is 1.20 bits per heavy atom. The topological polar surface area (TPSA) is 44.1 Å². The highest BCUT2D eigenvalue weighted by atomic mass is 16.5. The average Bonchev–Trinajstić information content (AvgIpc) is 3.10. The van der Waals surface area contributed by atoms with Crippen LogP contribution in [-0.4, -0.2) is 22.3 Å². The van der Waals surface area contributed by atoms with Crippen LogP contribution >= 0.6 is 0 Å². The Morgan fingerprint density at radius 2 is 1.92 bits per heavy atom. The van der Waals surface area contributed by atoms with Gasteiger partial charge >= 0.3 is 6.09 Å². The molecule has 0 saturated carbocycles. The van der Waals surface area contributed by atoms with Gasteiger partial charge in [0.1, 0.15) is 5.82 Å². The van der Waals surface area contributed by atoms with E-state index in [1.54, 1.807) is 12.4 Å². The predicted octanol–water partition coefficient (Wildman–Crippen LogP) is 5.32. The Hall–Kier alpha value is -2.10. The number of benzene rings is 1. The van der Waals surface area contributed by atoms with Gasteiger partial charge in [-0.25, -0.2) is 14.3 Å². The monoisotopic (exact) mass is 342 g/mol. The van der Waals surface area contributed by atoms with Crippen molar-refractivity contribution in [3.63, 3.8) is 0 Å². The molecule has 2 unspecified atom stereocenters. The van der Waals surface area contributed by atoms with E-state index in [4.69, 9.17) is 4.74 Å². The highest BCUT2D eigenvalue weighted by molar-refractivity contribution is 5.71. The summed E-state index contributed by atoms with van der Waals surface area (Å²) in [7, 11) is 0. The molecule has 2 aromatic rings. The molecular weight excluding hydrogens is 312 g/mol. The second-order valence-corrected chi connectivity index (χ2v) is 7.11. The molecule has 1 heterocycles. The number of hydrogen-bond acceptors (Lipinski definition) is 3. The van der Waals surface area contributed by atoms with Crippen LogP contribution in [0.4, 0.5) is 4.79 Å². The molecule has 0 fully saturated rings. The Bertz CT molecular complexity index is 720. The van der Waals surface area contributed by atoms with Crippen molar-refractivity contribution < 1.29 is 9.53 Å². The first-order valence-corrected chi connectivity index (χ1v) is 9.13. The summed E-state index contributed by atoms with van der Waals surface area (Å²) in [6, 6.07) is 6.25. The van der Waals surface area contributed by atoms with Gasteiger partial charge in [0.2, 0.25) is 0 Å². The van der Waals surface area contributed by atoms with E-state index in [2.05, 4.69) is 58.7 Å². The molecule has 25 heavy (non-hydrogen) atoms. The van der Waals surface area contributed by atoms with Crippen LogP contribution in [0.5, 0.6) is 0 Å². The summed E-state index contributed by atoms with van der Waals surface area (Å²) in [6.45, 7) is 13.2. The second kappa shape index (κ2) is 8.32. The van der Waals surface area contributed by atoms with Crippen molar-refractivity contribution in [2.45, 2.75) is 53.9 Å². The number of hydrogen-bond donors (Lipinski definition) is 0. The number of ether oxygens (including phenoxy) is 1. The van der Waals surface area contributed by atoms with Crippen molar-refractivity contribution in [2.24, 2.45) is 11.8 Å². The number of carbonyl (C=O) groups excluding carboxylic acids is 1. The zero-order valence-corrected chi connectivity index (χ0v) is 16.2. The number of aryl methyl sites for hydroxylation is 1. The normalized spacial score (nSPS) is 14.8. The minimum Gasteiger partial charge on any atom is -0.449 e. The second-order valence-electron chi connectivity index (χ2n) is 7.11. The van der Waals surface area contributed by atoms with Crippen LogP contribution in [0.2, 0.25) is 0 Å². The number of aromatic nitrogens is 2. The summed E-state index contributed by atoms with van der Waals surface area (Å²) in [5.74, 6) is 1.62. The van der Waals surface area contributed by atoms with E-state index >= 15 is 0 Å². The van der Waals surface area contributed by atoms with Crippen molar-refractivity contribution in [3.05, 3.63) is 53.1 Å². The van der Waals surface area contributed by atoms with Gasteiger partial charge in [0.05, 0.1) is 6.61 Å². The first-order chi connectivity index (χ1) is 11.9. The lowest BCUT2D eigenvalue weighted by molar-refractivity contribution is 0.117. The van der Waals surface area contributed by atoms with Crippen LogP contribution in [0, 0.1) is 25.7 Å². The largest absolute Gasteiger partial charge is 0.449 e. The van der Waals surface area contributed by atoms with Gasteiger partial charge in [0.15, 0.2) is 0 Å². The highest BCUT2D eigenvalue weighted by Gasteiger charge is 2.21. The molecule has 4 nitrogen and oxygen atoms in total. The Kier molecular flexibility index (Phi) is 6.40. The molecule has 0 aliphatic heterocycles. The van der Waals surface area contributed by atoms with E-state index < -0.39 is 0 Å². The van der Waals surface area contributed by atoms with E-state index in [0.717, 1.165) is 12.2 Å². The lowest BCUT2D eigenvalue weighted by Gasteiger charge is -2.20. The minimum absolute atomic E-state index is 0.0226. The fourth-order valence-corrected chi connectivity index (χ4v) is 3.01. The van der Waals surface area contributed by atoms with Gasteiger partial charge in [0, 0.05) is 18.3 Å². The molecule has 4 heteroatoms. The highest BCUT2D eigenvalue weighted by Crippen LogP contribution is 2.27.